The van der Waals surface area contributed by atoms with Gasteiger partial charge in [-0.25, -0.2) is 0 Å². The first-order valence-electron chi connectivity index (χ1n) is 5.38. The van der Waals surface area contributed by atoms with E-state index in [1.807, 2.05) is 0 Å². The van der Waals surface area contributed by atoms with Crippen LogP contribution >= 0.6 is 27.3 Å². The minimum atomic E-state index is 0.647. The first-order valence-corrected chi connectivity index (χ1v) is 6.99. The molecule has 2 rings (SSSR count). The second kappa shape index (κ2) is 4.78. The molecule has 1 aromatic heterocycles. The van der Waals surface area contributed by atoms with Crippen LogP contribution < -0.4 is 4.90 Å². The minimum Gasteiger partial charge on any atom is -0.347 e. The lowest BCUT2D eigenvalue weighted by Gasteiger charge is -2.33. The standard InChI is InChI=1S/C10H16BrN3S/c1-7-4-3-5-8(6-7)14(2)10-13-12-9(11)15-10/h7-8H,3-6H2,1-2H3. The molecule has 15 heavy (non-hydrogen) atoms. The van der Waals surface area contributed by atoms with Crippen molar-refractivity contribution in [3.05, 3.63) is 3.92 Å². The average Bonchev–Trinajstić information content (AvgIpc) is 2.64. The van der Waals surface area contributed by atoms with Gasteiger partial charge in [0.1, 0.15) is 0 Å². The summed E-state index contributed by atoms with van der Waals surface area (Å²) >= 11 is 4.97. The Kier molecular flexibility index (Phi) is 3.61. The molecule has 1 heterocycles. The van der Waals surface area contributed by atoms with Crippen molar-refractivity contribution in [2.45, 2.75) is 38.6 Å². The van der Waals surface area contributed by atoms with Gasteiger partial charge in [-0.3, -0.25) is 0 Å². The van der Waals surface area contributed by atoms with Crippen LogP contribution in [0.5, 0.6) is 0 Å². The summed E-state index contributed by atoms with van der Waals surface area (Å²) in [7, 11) is 2.13. The van der Waals surface area contributed by atoms with Gasteiger partial charge in [0.15, 0.2) is 3.92 Å². The second-order valence-electron chi connectivity index (χ2n) is 4.37. The summed E-state index contributed by atoms with van der Waals surface area (Å²) < 4.78 is 0.869. The Hall–Kier alpha value is -0.160. The molecule has 1 aliphatic carbocycles. The van der Waals surface area contributed by atoms with Gasteiger partial charge in [0.05, 0.1) is 0 Å². The summed E-state index contributed by atoms with van der Waals surface area (Å²) in [5.41, 5.74) is 0. The number of aromatic nitrogens is 2. The van der Waals surface area contributed by atoms with Crippen LogP contribution in [-0.4, -0.2) is 23.3 Å². The van der Waals surface area contributed by atoms with E-state index in [9.17, 15) is 0 Å². The summed E-state index contributed by atoms with van der Waals surface area (Å²) in [6, 6.07) is 0.647. The van der Waals surface area contributed by atoms with Gasteiger partial charge < -0.3 is 4.90 Å². The summed E-state index contributed by atoms with van der Waals surface area (Å²) in [6.07, 6.45) is 5.30. The van der Waals surface area contributed by atoms with Crippen molar-refractivity contribution < 1.29 is 0 Å². The lowest BCUT2D eigenvalue weighted by molar-refractivity contribution is 0.336. The Labute approximate surface area is 103 Å². The molecule has 1 aliphatic rings. The van der Waals surface area contributed by atoms with Crippen LogP contribution in [0.2, 0.25) is 0 Å². The third-order valence-electron chi connectivity index (χ3n) is 3.15. The van der Waals surface area contributed by atoms with Gasteiger partial charge in [-0.2, -0.15) is 0 Å². The van der Waals surface area contributed by atoms with E-state index < -0.39 is 0 Å². The van der Waals surface area contributed by atoms with E-state index in [0.29, 0.717) is 6.04 Å². The molecule has 0 radical (unpaired) electrons. The van der Waals surface area contributed by atoms with Crippen LogP contribution in [0, 0.1) is 5.92 Å². The monoisotopic (exact) mass is 289 g/mol. The lowest BCUT2D eigenvalue weighted by atomic mass is 9.86. The molecule has 0 saturated heterocycles. The van der Waals surface area contributed by atoms with E-state index in [1.54, 1.807) is 11.3 Å². The molecule has 0 aliphatic heterocycles. The molecule has 5 heteroatoms. The Morgan fingerprint density at radius 2 is 2.20 bits per heavy atom. The van der Waals surface area contributed by atoms with Crippen LogP contribution in [0.25, 0.3) is 0 Å². The van der Waals surface area contributed by atoms with Gasteiger partial charge in [-0.05, 0) is 34.7 Å². The van der Waals surface area contributed by atoms with Crippen molar-refractivity contribution in [3.63, 3.8) is 0 Å². The normalized spacial score (nSPS) is 26.6. The van der Waals surface area contributed by atoms with E-state index in [2.05, 4.69) is 45.0 Å². The van der Waals surface area contributed by atoms with E-state index >= 15 is 0 Å². The highest BCUT2D eigenvalue weighted by Crippen LogP contribution is 2.31. The number of hydrogen-bond acceptors (Lipinski definition) is 4. The molecule has 1 aromatic rings. The van der Waals surface area contributed by atoms with Gasteiger partial charge in [0.25, 0.3) is 0 Å². The van der Waals surface area contributed by atoms with Crippen molar-refractivity contribution in [2.75, 3.05) is 11.9 Å². The highest BCUT2D eigenvalue weighted by Gasteiger charge is 2.24. The van der Waals surface area contributed by atoms with Gasteiger partial charge in [-0.1, -0.05) is 31.1 Å². The topological polar surface area (TPSA) is 29.0 Å². The second-order valence-corrected chi connectivity index (χ2v) is 6.61. The maximum absolute atomic E-state index is 4.16. The molecular formula is C10H16BrN3S. The summed E-state index contributed by atoms with van der Waals surface area (Å²) in [5.74, 6) is 0.850. The largest absolute Gasteiger partial charge is 0.347 e. The molecule has 1 saturated carbocycles. The highest BCUT2D eigenvalue weighted by molar-refractivity contribution is 9.11. The fourth-order valence-corrected chi connectivity index (χ4v) is 3.37. The molecule has 2 atom stereocenters. The predicted molar refractivity (Wildman–Crippen MR) is 67.4 cm³/mol. The molecule has 0 N–H and O–H groups in total. The van der Waals surface area contributed by atoms with Gasteiger partial charge in [-0.15, -0.1) is 10.2 Å². The van der Waals surface area contributed by atoms with E-state index in [4.69, 9.17) is 0 Å². The number of rotatable bonds is 2. The molecule has 1 fully saturated rings. The Morgan fingerprint density at radius 1 is 1.40 bits per heavy atom. The Balaban J connectivity index is 2.03. The molecule has 0 spiro atoms. The first-order chi connectivity index (χ1) is 7.16. The molecule has 0 bridgehead atoms. The minimum absolute atomic E-state index is 0.647. The van der Waals surface area contributed by atoms with Crippen molar-refractivity contribution in [3.8, 4) is 0 Å². The zero-order valence-electron chi connectivity index (χ0n) is 9.11. The molecule has 84 valence electrons. The van der Waals surface area contributed by atoms with Crippen molar-refractivity contribution in [1.82, 2.24) is 10.2 Å². The summed E-state index contributed by atoms with van der Waals surface area (Å²) in [6.45, 7) is 2.34. The van der Waals surface area contributed by atoms with Crippen molar-refractivity contribution in [2.24, 2.45) is 5.92 Å². The molecular weight excluding hydrogens is 274 g/mol. The predicted octanol–water partition coefficient (Wildman–Crippen LogP) is 3.32. The fraction of sp³-hybridized carbons (Fsp3) is 0.800. The van der Waals surface area contributed by atoms with Crippen LogP contribution in [0.1, 0.15) is 32.6 Å². The van der Waals surface area contributed by atoms with Gasteiger partial charge in [0.2, 0.25) is 5.13 Å². The lowest BCUT2D eigenvalue weighted by Crippen LogP contribution is -2.35. The number of halogens is 1. The SMILES string of the molecule is CC1CCCC(N(C)c2nnc(Br)s2)C1. The number of anilines is 1. The first kappa shape index (κ1) is 11.3. The molecule has 0 aromatic carbocycles. The number of nitrogens with zero attached hydrogens (tertiary/aromatic N) is 3. The van der Waals surface area contributed by atoms with Crippen molar-refractivity contribution >= 4 is 32.4 Å². The smallest absolute Gasteiger partial charge is 0.209 e. The quantitative estimate of drug-likeness (QED) is 0.836. The van der Waals surface area contributed by atoms with Crippen LogP contribution in [0.3, 0.4) is 0 Å². The molecule has 0 amide bonds. The molecule has 2 unspecified atom stereocenters. The van der Waals surface area contributed by atoms with Crippen molar-refractivity contribution in [1.29, 1.82) is 0 Å². The van der Waals surface area contributed by atoms with E-state index in [-0.39, 0.29) is 0 Å². The Morgan fingerprint density at radius 3 is 2.80 bits per heavy atom. The molecule has 3 nitrogen and oxygen atoms in total. The number of hydrogen-bond donors (Lipinski definition) is 0. The van der Waals surface area contributed by atoms with E-state index in [0.717, 1.165) is 15.0 Å². The van der Waals surface area contributed by atoms with Crippen LogP contribution in [-0.2, 0) is 0 Å². The van der Waals surface area contributed by atoms with Crippen LogP contribution in [0.15, 0.2) is 3.92 Å². The van der Waals surface area contributed by atoms with Gasteiger partial charge in [0, 0.05) is 13.1 Å². The van der Waals surface area contributed by atoms with Gasteiger partial charge >= 0.3 is 0 Å². The third-order valence-corrected chi connectivity index (χ3v) is 4.59. The summed E-state index contributed by atoms with van der Waals surface area (Å²) in [5, 5.41) is 9.19. The zero-order chi connectivity index (χ0) is 10.8. The average molecular weight is 290 g/mol. The van der Waals surface area contributed by atoms with E-state index in [1.165, 1.54) is 25.7 Å². The Bertz CT molecular complexity index is 328. The highest BCUT2D eigenvalue weighted by atomic mass is 79.9. The van der Waals surface area contributed by atoms with Crippen LogP contribution in [0.4, 0.5) is 5.13 Å². The maximum Gasteiger partial charge on any atom is 0.209 e. The summed E-state index contributed by atoms with van der Waals surface area (Å²) in [4.78, 5) is 2.29. The maximum atomic E-state index is 4.16. The third kappa shape index (κ3) is 2.69. The fourth-order valence-electron chi connectivity index (χ4n) is 2.25. The zero-order valence-corrected chi connectivity index (χ0v) is 11.5.